The van der Waals surface area contributed by atoms with E-state index < -0.39 is 4.92 Å². The van der Waals surface area contributed by atoms with Gasteiger partial charge in [0.2, 0.25) is 0 Å². The molecule has 102 valence electrons. The van der Waals surface area contributed by atoms with Crippen LogP contribution in [0.5, 0.6) is 0 Å². The molecule has 6 heteroatoms. The molecule has 0 saturated carbocycles. The van der Waals surface area contributed by atoms with Gasteiger partial charge < -0.3 is 5.32 Å². The van der Waals surface area contributed by atoms with Crippen molar-refractivity contribution in [1.29, 1.82) is 0 Å². The third kappa shape index (κ3) is 3.83. The fourth-order valence-electron chi connectivity index (χ4n) is 1.52. The van der Waals surface area contributed by atoms with E-state index in [0.29, 0.717) is 5.69 Å². The Labute approximate surface area is 120 Å². The topological polar surface area (TPSA) is 72.2 Å². The Hall–Kier alpha value is -2.34. The van der Waals surface area contributed by atoms with Gasteiger partial charge in [0.15, 0.2) is 0 Å². The van der Waals surface area contributed by atoms with Crippen LogP contribution < -0.4 is 5.32 Å². The molecule has 0 heterocycles. The lowest BCUT2D eigenvalue weighted by atomic mass is 10.2. The van der Waals surface area contributed by atoms with Gasteiger partial charge in [0.1, 0.15) is 0 Å². The van der Waals surface area contributed by atoms with Crippen LogP contribution in [0.1, 0.15) is 5.56 Å². The van der Waals surface area contributed by atoms with Crippen LogP contribution in [-0.2, 0) is 0 Å². The summed E-state index contributed by atoms with van der Waals surface area (Å²) in [6, 6.07) is 13.3. The van der Waals surface area contributed by atoms with E-state index in [1.807, 2.05) is 31.2 Å². The molecule has 0 bridgehead atoms. The fourth-order valence-corrected chi connectivity index (χ4v) is 2.18. The Bertz CT molecular complexity index is 624. The van der Waals surface area contributed by atoms with Gasteiger partial charge in [0, 0.05) is 22.7 Å². The summed E-state index contributed by atoms with van der Waals surface area (Å²) in [5, 5.41) is 13.0. The molecule has 2 aromatic carbocycles. The molecule has 0 saturated heterocycles. The molecular formula is C14H12N2O3S. The summed E-state index contributed by atoms with van der Waals surface area (Å²) in [4.78, 5) is 22.7. The van der Waals surface area contributed by atoms with E-state index in [2.05, 4.69) is 5.32 Å². The van der Waals surface area contributed by atoms with Crippen LogP contribution in [0.4, 0.5) is 16.2 Å². The normalized spacial score (nSPS) is 10.1. The number of benzene rings is 2. The number of nitro groups is 1. The lowest BCUT2D eigenvalue weighted by Crippen LogP contribution is -2.04. The van der Waals surface area contributed by atoms with Gasteiger partial charge in [-0.15, -0.1) is 0 Å². The Morgan fingerprint density at radius 3 is 2.25 bits per heavy atom. The largest absolute Gasteiger partial charge is 0.317 e. The van der Waals surface area contributed by atoms with E-state index in [4.69, 9.17) is 0 Å². The Balaban J connectivity index is 1.97. The number of rotatable bonds is 3. The first kappa shape index (κ1) is 14.1. The summed E-state index contributed by atoms with van der Waals surface area (Å²) in [6.45, 7) is 1.98. The highest BCUT2D eigenvalue weighted by atomic mass is 32.2. The van der Waals surface area contributed by atoms with Crippen molar-refractivity contribution in [1.82, 2.24) is 0 Å². The molecule has 0 fully saturated rings. The molecule has 0 aromatic heterocycles. The maximum atomic E-state index is 11.8. The van der Waals surface area contributed by atoms with Crippen molar-refractivity contribution in [2.24, 2.45) is 0 Å². The van der Waals surface area contributed by atoms with Gasteiger partial charge in [0.25, 0.3) is 10.9 Å². The van der Waals surface area contributed by atoms with Crippen molar-refractivity contribution in [2.45, 2.75) is 11.8 Å². The number of nitrogens with one attached hydrogen (secondary N) is 1. The number of carbonyl (C=O) groups is 1. The van der Waals surface area contributed by atoms with Crippen molar-refractivity contribution >= 4 is 28.4 Å². The standard InChI is InChI=1S/C14H12N2O3S/c1-10-2-8-13(9-3-10)20-14(17)15-11-4-6-12(7-5-11)16(18)19/h2-9H,1H3,(H,15,17). The van der Waals surface area contributed by atoms with Crippen molar-refractivity contribution in [2.75, 3.05) is 5.32 Å². The van der Waals surface area contributed by atoms with E-state index in [1.165, 1.54) is 24.3 Å². The third-order valence-electron chi connectivity index (χ3n) is 2.56. The number of amides is 1. The van der Waals surface area contributed by atoms with Crippen molar-refractivity contribution in [3.63, 3.8) is 0 Å². The minimum Gasteiger partial charge on any atom is -0.317 e. The van der Waals surface area contributed by atoms with E-state index in [9.17, 15) is 14.9 Å². The third-order valence-corrected chi connectivity index (χ3v) is 3.35. The van der Waals surface area contributed by atoms with Gasteiger partial charge >= 0.3 is 0 Å². The van der Waals surface area contributed by atoms with Crippen molar-refractivity contribution in [3.05, 3.63) is 64.2 Å². The fraction of sp³-hybridized carbons (Fsp3) is 0.0714. The minimum atomic E-state index is -0.480. The summed E-state index contributed by atoms with van der Waals surface area (Å²) in [5.74, 6) is 0. The zero-order valence-electron chi connectivity index (χ0n) is 10.7. The molecule has 1 amide bonds. The molecule has 0 aliphatic carbocycles. The SMILES string of the molecule is Cc1ccc(SC(=O)Nc2ccc([N+](=O)[O-])cc2)cc1. The number of nitrogens with zero attached hydrogens (tertiary/aromatic N) is 1. The van der Waals surface area contributed by atoms with E-state index >= 15 is 0 Å². The maximum absolute atomic E-state index is 11.8. The second kappa shape index (κ2) is 6.21. The number of aryl methyl sites for hydroxylation is 1. The minimum absolute atomic E-state index is 0.00538. The van der Waals surface area contributed by atoms with Crippen LogP contribution in [0, 0.1) is 17.0 Å². The molecule has 0 aliphatic rings. The predicted molar refractivity (Wildman–Crippen MR) is 79.2 cm³/mol. The quantitative estimate of drug-likeness (QED) is 0.521. The second-order valence-electron chi connectivity index (χ2n) is 4.13. The number of non-ortho nitro benzene ring substituents is 1. The average Bonchev–Trinajstić information content (AvgIpc) is 2.42. The van der Waals surface area contributed by atoms with Crippen LogP contribution in [0.15, 0.2) is 53.4 Å². The smallest absolute Gasteiger partial charge is 0.288 e. The molecule has 0 radical (unpaired) electrons. The monoisotopic (exact) mass is 288 g/mol. The number of hydrogen-bond donors (Lipinski definition) is 1. The van der Waals surface area contributed by atoms with Gasteiger partial charge in [-0.3, -0.25) is 14.9 Å². The Kier molecular flexibility index (Phi) is 4.37. The molecule has 20 heavy (non-hydrogen) atoms. The van der Waals surface area contributed by atoms with Gasteiger partial charge in [-0.25, -0.2) is 0 Å². The predicted octanol–water partition coefficient (Wildman–Crippen LogP) is 4.23. The lowest BCUT2D eigenvalue weighted by Gasteiger charge is -2.04. The van der Waals surface area contributed by atoms with Gasteiger partial charge in [-0.05, 0) is 43.0 Å². The van der Waals surface area contributed by atoms with Crippen LogP contribution in [0.3, 0.4) is 0 Å². The second-order valence-corrected chi connectivity index (χ2v) is 5.18. The zero-order valence-corrected chi connectivity index (χ0v) is 11.5. The van der Waals surface area contributed by atoms with Crippen molar-refractivity contribution in [3.8, 4) is 0 Å². The summed E-state index contributed by atoms with van der Waals surface area (Å²) >= 11 is 1.07. The Morgan fingerprint density at radius 2 is 1.70 bits per heavy atom. The van der Waals surface area contributed by atoms with Crippen molar-refractivity contribution < 1.29 is 9.72 Å². The number of thioether (sulfide) groups is 1. The summed E-state index contributed by atoms with van der Waals surface area (Å²) in [7, 11) is 0. The lowest BCUT2D eigenvalue weighted by molar-refractivity contribution is -0.384. The van der Waals surface area contributed by atoms with Crippen LogP contribution >= 0.6 is 11.8 Å². The first-order chi connectivity index (χ1) is 9.54. The van der Waals surface area contributed by atoms with E-state index in [1.54, 1.807) is 0 Å². The number of carbonyl (C=O) groups excluding carboxylic acids is 1. The average molecular weight is 288 g/mol. The number of nitro benzene ring substituents is 1. The summed E-state index contributed by atoms with van der Waals surface area (Å²) < 4.78 is 0. The highest BCUT2D eigenvalue weighted by Crippen LogP contribution is 2.22. The molecule has 0 spiro atoms. The number of anilines is 1. The molecule has 1 N–H and O–H groups in total. The van der Waals surface area contributed by atoms with Crippen LogP contribution in [0.2, 0.25) is 0 Å². The molecule has 0 aliphatic heterocycles. The Morgan fingerprint density at radius 1 is 1.10 bits per heavy atom. The molecule has 2 aromatic rings. The molecule has 5 nitrogen and oxygen atoms in total. The van der Waals surface area contributed by atoms with Crippen LogP contribution in [0.25, 0.3) is 0 Å². The maximum Gasteiger partial charge on any atom is 0.288 e. The van der Waals surface area contributed by atoms with E-state index in [0.717, 1.165) is 22.2 Å². The highest BCUT2D eigenvalue weighted by Gasteiger charge is 2.07. The summed E-state index contributed by atoms with van der Waals surface area (Å²) in [6.07, 6.45) is 0. The molecule has 0 unspecified atom stereocenters. The van der Waals surface area contributed by atoms with Gasteiger partial charge in [-0.2, -0.15) is 0 Å². The first-order valence-electron chi connectivity index (χ1n) is 5.84. The number of hydrogen-bond acceptors (Lipinski definition) is 4. The zero-order chi connectivity index (χ0) is 14.5. The van der Waals surface area contributed by atoms with Gasteiger partial charge in [-0.1, -0.05) is 17.7 Å². The molecular weight excluding hydrogens is 276 g/mol. The first-order valence-corrected chi connectivity index (χ1v) is 6.66. The van der Waals surface area contributed by atoms with Gasteiger partial charge in [0.05, 0.1) is 4.92 Å². The molecule has 0 atom stereocenters. The van der Waals surface area contributed by atoms with E-state index in [-0.39, 0.29) is 10.9 Å². The highest BCUT2D eigenvalue weighted by molar-refractivity contribution is 8.13. The molecule has 2 rings (SSSR count). The van der Waals surface area contributed by atoms with Crippen LogP contribution in [-0.4, -0.2) is 10.2 Å². The summed E-state index contributed by atoms with van der Waals surface area (Å²) in [5.41, 5.74) is 1.65.